The van der Waals surface area contributed by atoms with Crippen LogP contribution in [0.2, 0.25) is 0 Å². The summed E-state index contributed by atoms with van der Waals surface area (Å²) in [6, 6.07) is 6.89. The first-order valence-corrected chi connectivity index (χ1v) is 16.4. The Bertz CT molecular complexity index is 640. The molecule has 0 aliphatic rings. The Morgan fingerprint density at radius 3 is 1.32 bits per heavy atom. The number of aliphatic carboxylic acids is 1. The number of hydrogen-bond acceptors (Lipinski definition) is 4. The minimum atomic E-state index is -1.10. The van der Waals surface area contributed by atoms with Gasteiger partial charge in [0.15, 0.2) is 0 Å². The van der Waals surface area contributed by atoms with Crippen LogP contribution in [-0.4, -0.2) is 35.8 Å². The van der Waals surface area contributed by atoms with Crippen LogP contribution in [0.4, 0.5) is 0 Å². The molecule has 1 aromatic rings. The predicted octanol–water partition coefficient (Wildman–Crippen LogP) is 8.86. The van der Waals surface area contributed by atoms with E-state index in [1.807, 2.05) is 6.07 Å². The molecule has 41 heavy (non-hydrogen) atoms. The molecule has 0 heterocycles. The fourth-order valence-corrected chi connectivity index (χ4v) is 3.78. The Balaban J connectivity index is -0.000000274. The van der Waals surface area contributed by atoms with Gasteiger partial charge in [-0.2, -0.15) is 0 Å². The molecule has 0 aliphatic heterocycles. The molecule has 0 fully saturated rings. The van der Waals surface area contributed by atoms with Crippen molar-refractivity contribution in [3.63, 3.8) is 0 Å². The van der Waals surface area contributed by atoms with Crippen LogP contribution in [0.3, 0.4) is 0 Å². The molecule has 0 bridgehead atoms. The van der Waals surface area contributed by atoms with Gasteiger partial charge in [0.25, 0.3) is 0 Å². The monoisotopic (exact) mass is 680 g/mol. The molecular formula is C36H64O4Sn. The average Bonchev–Trinajstić information content (AvgIpc) is 2.96. The van der Waals surface area contributed by atoms with Crippen LogP contribution in [0.25, 0.3) is 0 Å². The number of aromatic carboxylic acids is 1. The third kappa shape index (κ3) is 43.5. The van der Waals surface area contributed by atoms with E-state index in [2.05, 4.69) is 41.5 Å². The average molecular weight is 680 g/mol. The normalized spacial score (nSPS) is 9.61. The maximum Gasteiger partial charge on any atom is 2.00 e. The summed E-state index contributed by atoms with van der Waals surface area (Å²) in [5.74, 6) is -2.01. The minimum absolute atomic E-state index is 0. The van der Waals surface area contributed by atoms with Gasteiger partial charge in [-0.3, -0.25) is 0 Å². The fourth-order valence-electron chi connectivity index (χ4n) is 3.78. The van der Waals surface area contributed by atoms with Gasteiger partial charge in [0.1, 0.15) is 0 Å². The van der Waals surface area contributed by atoms with E-state index in [1.54, 1.807) is 18.2 Å². The Morgan fingerprint density at radius 2 is 1.00 bits per heavy atom. The molecule has 0 saturated heterocycles. The van der Waals surface area contributed by atoms with Crippen LogP contribution in [0.15, 0.2) is 24.3 Å². The van der Waals surface area contributed by atoms with Crippen molar-refractivity contribution in [3.05, 3.63) is 49.2 Å². The molecule has 0 aliphatic carbocycles. The number of carboxylic acids is 2. The molecule has 0 atom stereocenters. The van der Waals surface area contributed by atoms with Crippen molar-refractivity contribution in [1.29, 1.82) is 0 Å². The number of unbranched alkanes of at least 4 members (excludes halogenated alkanes) is 16. The minimum Gasteiger partial charge on any atom is -0.550 e. The van der Waals surface area contributed by atoms with Crippen molar-refractivity contribution < 1.29 is 19.8 Å². The molecule has 1 rings (SSSR count). The maximum atomic E-state index is 10.4. The van der Waals surface area contributed by atoms with Gasteiger partial charge in [-0.15, -0.1) is 0 Å². The van der Waals surface area contributed by atoms with E-state index in [9.17, 15) is 19.8 Å². The zero-order valence-corrected chi connectivity index (χ0v) is 30.3. The number of aryl methyl sites for hydroxylation is 1. The molecule has 4 nitrogen and oxygen atoms in total. The molecule has 0 saturated carbocycles. The van der Waals surface area contributed by atoms with Crippen LogP contribution < -0.4 is 10.2 Å². The van der Waals surface area contributed by atoms with Crippen molar-refractivity contribution in [2.24, 2.45) is 0 Å². The van der Waals surface area contributed by atoms with Crippen LogP contribution in [0, 0.1) is 13.8 Å². The fraction of sp³-hybridized carbons (Fsp3) is 0.722. The second-order valence-corrected chi connectivity index (χ2v) is 10.5. The largest absolute Gasteiger partial charge is 2.00 e. The van der Waals surface area contributed by atoms with Gasteiger partial charge in [-0.25, -0.2) is 0 Å². The second-order valence-electron chi connectivity index (χ2n) is 10.5. The van der Waals surface area contributed by atoms with E-state index in [-0.39, 0.29) is 35.9 Å². The zero-order chi connectivity index (χ0) is 30.7. The molecule has 0 N–H and O–H groups in total. The molecule has 0 amide bonds. The third-order valence-electron chi connectivity index (χ3n) is 6.39. The molecule has 0 unspecified atom stereocenters. The summed E-state index contributed by atoms with van der Waals surface area (Å²) < 4.78 is 0. The van der Waals surface area contributed by atoms with Gasteiger partial charge >= 0.3 is 23.9 Å². The first kappa shape index (κ1) is 46.9. The third-order valence-corrected chi connectivity index (χ3v) is 6.39. The Morgan fingerprint density at radius 1 is 0.610 bits per heavy atom. The summed E-state index contributed by atoms with van der Waals surface area (Å²) in [6.07, 6.45) is 26.4. The molecule has 0 spiro atoms. The number of benzene rings is 1. The van der Waals surface area contributed by atoms with Gasteiger partial charge in [0.2, 0.25) is 0 Å². The van der Waals surface area contributed by atoms with Crippen molar-refractivity contribution in [3.8, 4) is 0 Å². The van der Waals surface area contributed by atoms with Crippen LogP contribution in [0.5, 0.6) is 0 Å². The van der Waals surface area contributed by atoms with Gasteiger partial charge in [0.05, 0.1) is 5.97 Å². The summed E-state index contributed by atoms with van der Waals surface area (Å²) in [7, 11) is 0. The standard InChI is InChI=1S/C18H36O2.C10H12O2.2C4H9.Sn/c1-2-3-4-5-6-7-8-9-10-11-12-13-14-15-16-17-18(19)20;1-2-4-8-5-3-6-9(7-8)10(11)12;2*1-3-4-2;/h2-17H2,1H3,(H,19,20);3,5-7H,2,4H2,1H3,(H,11,12);2*1,3-4H2,2H3;/q;;;;+2/p-2. The van der Waals surface area contributed by atoms with Gasteiger partial charge in [0, 0.05) is 5.97 Å². The predicted molar refractivity (Wildman–Crippen MR) is 176 cm³/mol. The topological polar surface area (TPSA) is 80.3 Å². The Kier molecular flexibility index (Phi) is 47.0. The molecule has 236 valence electrons. The zero-order valence-electron chi connectivity index (χ0n) is 27.4. The number of carbonyl (C=O) groups is 2. The van der Waals surface area contributed by atoms with Gasteiger partial charge in [-0.1, -0.05) is 182 Å². The summed E-state index contributed by atoms with van der Waals surface area (Å²) in [5, 5.41) is 20.7. The van der Waals surface area contributed by atoms with Crippen LogP contribution in [0.1, 0.15) is 178 Å². The van der Waals surface area contributed by atoms with E-state index < -0.39 is 11.9 Å². The quantitative estimate of drug-likeness (QED) is 0.0961. The smallest absolute Gasteiger partial charge is 0.550 e. The maximum absolute atomic E-state index is 10.4. The molecule has 1 aromatic carbocycles. The first-order valence-electron chi connectivity index (χ1n) is 16.4. The molecular weight excluding hydrogens is 615 g/mol. The number of carbonyl (C=O) groups excluding carboxylic acids is 2. The van der Waals surface area contributed by atoms with Crippen molar-refractivity contribution >= 4 is 35.8 Å². The van der Waals surface area contributed by atoms with E-state index in [0.717, 1.165) is 44.1 Å². The molecule has 0 aromatic heterocycles. The molecule has 5 heteroatoms. The summed E-state index contributed by atoms with van der Waals surface area (Å²) in [4.78, 5) is 20.7. The van der Waals surface area contributed by atoms with Crippen molar-refractivity contribution in [2.75, 3.05) is 0 Å². The SMILES string of the molecule is CCCCCCCCCCCCCCCCCC(=O)[O-].CCCc1cccc(C(=O)[O-])c1.[CH2]CCC.[CH2]CCC.[Sn+2]. The summed E-state index contributed by atoms with van der Waals surface area (Å²) >= 11 is 0. The van der Waals surface area contributed by atoms with Gasteiger partial charge < -0.3 is 19.8 Å². The van der Waals surface area contributed by atoms with E-state index >= 15 is 0 Å². The first-order chi connectivity index (χ1) is 19.3. The van der Waals surface area contributed by atoms with Gasteiger partial charge in [-0.05, 0) is 36.5 Å². The number of carboxylic acid groups (broad SMARTS) is 2. The molecule has 4 radical (unpaired) electrons. The van der Waals surface area contributed by atoms with Crippen LogP contribution in [-0.2, 0) is 11.2 Å². The second kappa shape index (κ2) is 41.1. The van der Waals surface area contributed by atoms with Crippen LogP contribution >= 0.6 is 0 Å². The van der Waals surface area contributed by atoms with E-state index in [0.29, 0.717) is 0 Å². The summed E-state index contributed by atoms with van der Waals surface area (Å²) in [5.41, 5.74) is 1.32. The summed E-state index contributed by atoms with van der Waals surface area (Å²) in [6.45, 7) is 15.8. The van der Waals surface area contributed by atoms with Crippen molar-refractivity contribution in [2.45, 2.75) is 169 Å². The number of hydrogen-bond donors (Lipinski definition) is 0. The van der Waals surface area contributed by atoms with E-state index in [1.165, 1.54) is 96.3 Å². The van der Waals surface area contributed by atoms with Crippen molar-refractivity contribution in [1.82, 2.24) is 0 Å². The number of rotatable bonds is 21. The Hall–Kier alpha value is -1.04. The van der Waals surface area contributed by atoms with E-state index in [4.69, 9.17) is 0 Å². The Labute approximate surface area is 272 Å².